The highest BCUT2D eigenvalue weighted by Crippen LogP contribution is 2.15. The predicted octanol–water partition coefficient (Wildman–Crippen LogP) is 3.00. The minimum absolute atomic E-state index is 0.341. The minimum atomic E-state index is -0.396. The lowest BCUT2D eigenvalue weighted by molar-refractivity contribution is 0.147. The van der Waals surface area contributed by atoms with Gasteiger partial charge in [0.1, 0.15) is 0 Å². The lowest BCUT2D eigenvalue weighted by Crippen LogP contribution is -2.19. The highest BCUT2D eigenvalue weighted by atomic mass is 16.5. The van der Waals surface area contributed by atoms with E-state index in [1.54, 1.807) is 0 Å². The van der Waals surface area contributed by atoms with Gasteiger partial charge in [-0.25, -0.2) is 4.79 Å². The van der Waals surface area contributed by atoms with Crippen LogP contribution in [0.15, 0.2) is 24.3 Å². The van der Waals surface area contributed by atoms with Crippen molar-refractivity contribution < 1.29 is 9.53 Å². The average molecular weight is 250 g/mol. The Morgan fingerprint density at radius 2 is 2.06 bits per heavy atom. The second-order valence-electron chi connectivity index (χ2n) is 4.55. The van der Waals surface area contributed by atoms with Crippen LogP contribution in [0.3, 0.4) is 0 Å². The Morgan fingerprint density at radius 3 is 2.72 bits per heavy atom. The lowest BCUT2D eigenvalue weighted by atomic mass is 10.2. The number of ether oxygens (including phenoxy) is 1. The van der Waals surface area contributed by atoms with E-state index >= 15 is 0 Å². The number of hydrogen-bond donors (Lipinski definition) is 2. The standard InChI is InChI=1S/C14H22N2O2/c1-4-15-9-12-7-5-6-8-13(12)16-14(17)18-10-11(2)3/h5-8,11,15H,4,9-10H2,1-3H3,(H,16,17). The number of carbonyl (C=O) groups excluding carboxylic acids is 1. The van der Waals surface area contributed by atoms with E-state index in [-0.39, 0.29) is 0 Å². The molecule has 0 fully saturated rings. The average Bonchev–Trinajstić information content (AvgIpc) is 2.35. The van der Waals surface area contributed by atoms with Gasteiger partial charge in [-0.15, -0.1) is 0 Å². The number of amides is 1. The van der Waals surface area contributed by atoms with Crippen molar-refractivity contribution in [2.24, 2.45) is 5.92 Å². The monoisotopic (exact) mass is 250 g/mol. The van der Waals surface area contributed by atoms with E-state index < -0.39 is 6.09 Å². The molecule has 0 aliphatic carbocycles. The Balaban J connectivity index is 2.57. The molecular formula is C14H22N2O2. The van der Waals surface area contributed by atoms with Gasteiger partial charge in [0.25, 0.3) is 0 Å². The van der Waals surface area contributed by atoms with E-state index in [1.165, 1.54) is 0 Å². The number of anilines is 1. The first-order chi connectivity index (χ1) is 8.63. The molecule has 0 saturated heterocycles. The molecular weight excluding hydrogens is 228 g/mol. The van der Waals surface area contributed by atoms with Crippen LogP contribution in [0, 0.1) is 5.92 Å². The highest BCUT2D eigenvalue weighted by Gasteiger charge is 2.07. The smallest absolute Gasteiger partial charge is 0.411 e. The summed E-state index contributed by atoms with van der Waals surface area (Å²) in [7, 11) is 0. The summed E-state index contributed by atoms with van der Waals surface area (Å²) >= 11 is 0. The van der Waals surface area contributed by atoms with E-state index in [9.17, 15) is 4.79 Å². The van der Waals surface area contributed by atoms with E-state index in [4.69, 9.17) is 4.74 Å². The molecule has 18 heavy (non-hydrogen) atoms. The molecule has 0 aliphatic heterocycles. The van der Waals surface area contributed by atoms with Gasteiger partial charge < -0.3 is 10.1 Å². The maximum atomic E-state index is 11.6. The summed E-state index contributed by atoms with van der Waals surface area (Å²) in [5, 5.41) is 6.01. The van der Waals surface area contributed by atoms with Crippen LogP contribution >= 0.6 is 0 Å². The van der Waals surface area contributed by atoms with Crippen LogP contribution in [0.1, 0.15) is 26.3 Å². The van der Waals surface area contributed by atoms with Gasteiger partial charge in [0, 0.05) is 12.2 Å². The van der Waals surface area contributed by atoms with Gasteiger partial charge in [-0.2, -0.15) is 0 Å². The Labute approximate surface area is 109 Å². The van der Waals surface area contributed by atoms with Crippen LogP contribution < -0.4 is 10.6 Å². The van der Waals surface area contributed by atoms with E-state index in [0.29, 0.717) is 12.5 Å². The zero-order chi connectivity index (χ0) is 13.4. The van der Waals surface area contributed by atoms with Gasteiger partial charge in [0.05, 0.1) is 6.61 Å². The van der Waals surface area contributed by atoms with Crippen molar-refractivity contribution >= 4 is 11.8 Å². The van der Waals surface area contributed by atoms with Gasteiger partial charge >= 0.3 is 6.09 Å². The normalized spacial score (nSPS) is 10.4. The molecule has 0 atom stereocenters. The van der Waals surface area contributed by atoms with Crippen molar-refractivity contribution in [3.8, 4) is 0 Å². The van der Waals surface area contributed by atoms with E-state index in [1.807, 2.05) is 45.0 Å². The first kappa shape index (κ1) is 14.5. The molecule has 2 N–H and O–H groups in total. The third-order valence-corrected chi connectivity index (χ3v) is 2.37. The molecule has 0 saturated carbocycles. The number of carbonyl (C=O) groups is 1. The summed E-state index contributed by atoms with van der Waals surface area (Å²) in [6, 6.07) is 7.72. The van der Waals surface area contributed by atoms with Crippen LogP contribution in [0.4, 0.5) is 10.5 Å². The summed E-state index contributed by atoms with van der Waals surface area (Å²) in [6.45, 7) is 8.12. The summed E-state index contributed by atoms with van der Waals surface area (Å²) in [6.07, 6.45) is -0.396. The predicted molar refractivity (Wildman–Crippen MR) is 73.6 cm³/mol. The van der Waals surface area contributed by atoms with E-state index in [2.05, 4.69) is 10.6 Å². The molecule has 0 unspecified atom stereocenters. The molecule has 0 heterocycles. The van der Waals surface area contributed by atoms with E-state index in [0.717, 1.165) is 24.3 Å². The van der Waals surface area contributed by atoms with Gasteiger partial charge in [-0.1, -0.05) is 39.0 Å². The first-order valence-electron chi connectivity index (χ1n) is 6.35. The highest BCUT2D eigenvalue weighted by molar-refractivity contribution is 5.85. The van der Waals surface area contributed by atoms with Crippen molar-refractivity contribution in [2.45, 2.75) is 27.3 Å². The summed E-state index contributed by atoms with van der Waals surface area (Å²) in [5.74, 6) is 0.341. The SMILES string of the molecule is CCNCc1ccccc1NC(=O)OCC(C)C. The molecule has 1 amide bonds. The maximum Gasteiger partial charge on any atom is 0.411 e. The lowest BCUT2D eigenvalue weighted by Gasteiger charge is -2.12. The quantitative estimate of drug-likeness (QED) is 0.816. The molecule has 0 aliphatic rings. The molecule has 100 valence electrons. The Morgan fingerprint density at radius 1 is 1.33 bits per heavy atom. The van der Waals surface area contributed by atoms with Crippen LogP contribution in [0.2, 0.25) is 0 Å². The van der Waals surface area contributed by atoms with Crippen molar-refractivity contribution in [1.82, 2.24) is 5.32 Å². The molecule has 1 aromatic rings. The zero-order valence-corrected chi connectivity index (χ0v) is 11.3. The maximum absolute atomic E-state index is 11.6. The van der Waals surface area contributed by atoms with Gasteiger partial charge in [-0.3, -0.25) is 5.32 Å². The fourth-order valence-corrected chi connectivity index (χ4v) is 1.44. The van der Waals surface area contributed by atoms with Crippen molar-refractivity contribution in [1.29, 1.82) is 0 Å². The molecule has 1 rings (SSSR count). The van der Waals surface area contributed by atoms with Crippen molar-refractivity contribution in [3.63, 3.8) is 0 Å². The summed E-state index contributed by atoms with van der Waals surface area (Å²) < 4.78 is 5.10. The van der Waals surface area contributed by atoms with Crippen LogP contribution in [0.25, 0.3) is 0 Å². The fraction of sp³-hybridized carbons (Fsp3) is 0.500. The van der Waals surface area contributed by atoms with Crippen molar-refractivity contribution in [2.75, 3.05) is 18.5 Å². The second-order valence-corrected chi connectivity index (χ2v) is 4.55. The van der Waals surface area contributed by atoms with Gasteiger partial charge in [0.15, 0.2) is 0 Å². The number of para-hydroxylation sites is 1. The van der Waals surface area contributed by atoms with Crippen LogP contribution in [-0.4, -0.2) is 19.2 Å². The molecule has 0 spiro atoms. The minimum Gasteiger partial charge on any atom is -0.449 e. The Bertz CT molecular complexity index is 378. The topological polar surface area (TPSA) is 50.4 Å². The largest absolute Gasteiger partial charge is 0.449 e. The third-order valence-electron chi connectivity index (χ3n) is 2.37. The fourth-order valence-electron chi connectivity index (χ4n) is 1.44. The zero-order valence-electron chi connectivity index (χ0n) is 11.3. The summed E-state index contributed by atoms with van der Waals surface area (Å²) in [5.41, 5.74) is 1.85. The van der Waals surface area contributed by atoms with Crippen LogP contribution in [-0.2, 0) is 11.3 Å². The van der Waals surface area contributed by atoms with Gasteiger partial charge in [-0.05, 0) is 24.1 Å². The Hall–Kier alpha value is -1.55. The van der Waals surface area contributed by atoms with Gasteiger partial charge in [0.2, 0.25) is 0 Å². The molecule has 0 aromatic heterocycles. The summed E-state index contributed by atoms with van der Waals surface area (Å²) in [4.78, 5) is 11.6. The number of hydrogen-bond acceptors (Lipinski definition) is 3. The van der Waals surface area contributed by atoms with Crippen molar-refractivity contribution in [3.05, 3.63) is 29.8 Å². The number of nitrogens with one attached hydrogen (secondary N) is 2. The molecule has 4 nitrogen and oxygen atoms in total. The van der Waals surface area contributed by atoms with Crippen LogP contribution in [0.5, 0.6) is 0 Å². The number of rotatable bonds is 6. The molecule has 4 heteroatoms. The third kappa shape index (κ3) is 5.19. The molecule has 0 bridgehead atoms. The number of benzene rings is 1. The second kappa shape index (κ2) is 7.71. The molecule has 0 radical (unpaired) electrons. The first-order valence-corrected chi connectivity index (χ1v) is 6.35. The Kier molecular flexibility index (Phi) is 6.22. The molecule has 1 aromatic carbocycles.